The molecule has 0 radical (unpaired) electrons. The molecule has 0 unspecified atom stereocenters. The molecule has 20 heavy (non-hydrogen) atoms. The molecule has 1 saturated carbocycles. The van der Waals surface area contributed by atoms with Crippen molar-refractivity contribution < 1.29 is 5.11 Å². The zero-order valence-corrected chi connectivity index (χ0v) is 13.8. The van der Waals surface area contributed by atoms with Crippen molar-refractivity contribution in [3.63, 3.8) is 0 Å². The van der Waals surface area contributed by atoms with Gasteiger partial charge in [-0.3, -0.25) is 0 Å². The quantitative estimate of drug-likeness (QED) is 0.848. The van der Waals surface area contributed by atoms with Gasteiger partial charge in [-0.1, -0.05) is 34.8 Å². The summed E-state index contributed by atoms with van der Waals surface area (Å²) in [5.41, 5.74) is 2.30. The Balaban J connectivity index is 1.85. The Morgan fingerprint density at radius 2 is 1.95 bits per heavy atom. The van der Waals surface area contributed by atoms with Crippen molar-refractivity contribution in [2.24, 2.45) is 5.92 Å². The van der Waals surface area contributed by atoms with Crippen LogP contribution >= 0.6 is 15.9 Å². The third-order valence-corrected chi connectivity index (χ3v) is 5.70. The second-order valence-electron chi connectivity index (χ2n) is 6.33. The molecule has 3 atom stereocenters. The number of aliphatic hydroxyl groups is 1. The molecule has 1 aromatic rings. The Morgan fingerprint density at radius 3 is 2.70 bits per heavy atom. The van der Waals surface area contributed by atoms with Crippen LogP contribution in [0.15, 0.2) is 22.7 Å². The van der Waals surface area contributed by atoms with E-state index in [1.165, 1.54) is 50.8 Å². The lowest BCUT2D eigenvalue weighted by Gasteiger charge is -2.45. The lowest BCUT2D eigenvalue weighted by atomic mass is 9.78. The van der Waals surface area contributed by atoms with Crippen LogP contribution in [0.1, 0.15) is 57.1 Å². The summed E-state index contributed by atoms with van der Waals surface area (Å²) >= 11 is 3.62. The maximum atomic E-state index is 9.75. The van der Waals surface area contributed by atoms with Crippen molar-refractivity contribution in [2.45, 2.75) is 57.6 Å². The Kier molecular flexibility index (Phi) is 4.37. The first-order valence-corrected chi connectivity index (χ1v) is 8.70. The van der Waals surface area contributed by atoms with Gasteiger partial charge in [0.25, 0.3) is 0 Å². The van der Waals surface area contributed by atoms with E-state index in [-0.39, 0.29) is 0 Å². The largest absolute Gasteiger partial charge is 0.389 e. The van der Waals surface area contributed by atoms with Crippen LogP contribution in [-0.4, -0.2) is 17.7 Å². The predicted octanol–water partition coefficient (Wildman–Crippen LogP) is 4.66. The van der Waals surface area contributed by atoms with E-state index in [1.807, 2.05) is 6.92 Å². The number of hydrogen-bond acceptors (Lipinski definition) is 2. The zero-order chi connectivity index (χ0) is 14.1. The molecule has 110 valence electrons. The molecule has 3 heteroatoms. The minimum absolute atomic E-state index is 0.415. The molecule has 1 heterocycles. The highest BCUT2D eigenvalue weighted by molar-refractivity contribution is 9.10. The number of piperidine rings is 1. The molecule has 2 aliphatic rings. The maximum Gasteiger partial charge on any atom is 0.0772 e. The summed E-state index contributed by atoms with van der Waals surface area (Å²) in [6.45, 7) is 3.00. The number of anilines is 1. The number of fused-ring (bicyclic) bond motifs is 1. The van der Waals surface area contributed by atoms with Crippen molar-refractivity contribution in [3.8, 4) is 0 Å². The maximum absolute atomic E-state index is 9.75. The lowest BCUT2D eigenvalue weighted by molar-refractivity contribution is 0.198. The first-order chi connectivity index (χ1) is 9.66. The Bertz CT molecular complexity index is 472. The van der Waals surface area contributed by atoms with E-state index in [0.717, 1.165) is 22.0 Å². The second-order valence-corrected chi connectivity index (χ2v) is 7.18. The number of hydrogen-bond donors (Lipinski definition) is 1. The van der Waals surface area contributed by atoms with Crippen LogP contribution in [0.2, 0.25) is 0 Å². The number of aliphatic hydroxyl groups excluding tert-OH is 1. The van der Waals surface area contributed by atoms with Crippen LogP contribution in [-0.2, 0) is 0 Å². The SMILES string of the molecule is C[C@H](O)c1ccc(N2CCC[C@H]3CCCC[C@H]32)cc1Br. The van der Waals surface area contributed by atoms with Gasteiger partial charge >= 0.3 is 0 Å². The summed E-state index contributed by atoms with van der Waals surface area (Å²) in [7, 11) is 0. The summed E-state index contributed by atoms with van der Waals surface area (Å²) in [6.07, 6.45) is 7.87. The van der Waals surface area contributed by atoms with E-state index in [9.17, 15) is 5.11 Å². The van der Waals surface area contributed by atoms with Crippen molar-refractivity contribution in [1.82, 2.24) is 0 Å². The summed E-state index contributed by atoms with van der Waals surface area (Å²) in [6, 6.07) is 7.18. The predicted molar refractivity (Wildman–Crippen MR) is 87.1 cm³/mol. The van der Waals surface area contributed by atoms with Crippen LogP contribution in [0, 0.1) is 5.92 Å². The molecule has 2 fully saturated rings. The van der Waals surface area contributed by atoms with Gasteiger partial charge in [-0.25, -0.2) is 0 Å². The van der Waals surface area contributed by atoms with Gasteiger partial charge in [0.15, 0.2) is 0 Å². The molecule has 1 aliphatic heterocycles. The average Bonchev–Trinajstić information content (AvgIpc) is 2.46. The highest BCUT2D eigenvalue weighted by atomic mass is 79.9. The van der Waals surface area contributed by atoms with E-state index in [2.05, 4.69) is 39.0 Å². The topological polar surface area (TPSA) is 23.5 Å². The first-order valence-electron chi connectivity index (χ1n) is 7.91. The Morgan fingerprint density at radius 1 is 1.20 bits per heavy atom. The van der Waals surface area contributed by atoms with Gasteiger partial charge in [0.2, 0.25) is 0 Å². The van der Waals surface area contributed by atoms with E-state index in [1.54, 1.807) is 0 Å². The van der Waals surface area contributed by atoms with Gasteiger partial charge < -0.3 is 10.0 Å². The van der Waals surface area contributed by atoms with Gasteiger partial charge in [-0.05, 0) is 56.2 Å². The van der Waals surface area contributed by atoms with Crippen molar-refractivity contribution >= 4 is 21.6 Å². The Labute approximate surface area is 130 Å². The molecule has 1 aromatic carbocycles. The molecule has 2 nitrogen and oxygen atoms in total. The molecule has 3 rings (SSSR count). The standard InChI is InChI=1S/C17H24BrNO/c1-12(20)15-9-8-14(11-16(15)18)19-10-4-6-13-5-2-3-7-17(13)19/h8-9,11-13,17,20H,2-7,10H2,1H3/t12-,13+,17+/m0/s1. The van der Waals surface area contributed by atoms with Gasteiger partial charge in [0.05, 0.1) is 6.10 Å². The smallest absolute Gasteiger partial charge is 0.0772 e. The van der Waals surface area contributed by atoms with E-state index >= 15 is 0 Å². The molecule has 1 aliphatic carbocycles. The molecular formula is C17H24BrNO. The normalized spacial score (nSPS) is 28.1. The summed E-state index contributed by atoms with van der Waals surface area (Å²) in [4.78, 5) is 2.61. The monoisotopic (exact) mass is 337 g/mol. The average molecular weight is 338 g/mol. The van der Waals surface area contributed by atoms with Crippen LogP contribution in [0.4, 0.5) is 5.69 Å². The molecule has 0 amide bonds. The van der Waals surface area contributed by atoms with E-state index < -0.39 is 6.10 Å². The van der Waals surface area contributed by atoms with E-state index in [0.29, 0.717) is 0 Å². The fourth-order valence-corrected chi connectivity index (χ4v) is 4.68. The van der Waals surface area contributed by atoms with Crippen LogP contribution in [0.3, 0.4) is 0 Å². The van der Waals surface area contributed by atoms with Crippen molar-refractivity contribution in [2.75, 3.05) is 11.4 Å². The third-order valence-electron chi connectivity index (χ3n) is 5.01. The van der Waals surface area contributed by atoms with Crippen molar-refractivity contribution in [1.29, 1.82) is 0 Å². The molecule has 0 bridgehead atoms. The zero-order valence-electron chi connectivity index (χ0n) is 12.2. The second kappa shape index (κ2) is 6.07. The number of rotatable bonds is 2. The minimum atomic E-state index is -0.415. The minimum Gasteiger partial charge on any atom is -0.389 e. The van der Waals surface area contributed by atoms with Crippen molar-refractivity contribution in [3.05, 3.63) is 28.2 Å². The number of benzene rings is 1. The van der Waals surface area contributed by atoms with Gasteiger partial charge in [0, 0.05) is 22.7 Å². The number of halogens is 1. The number of nitrogens with zero attached hydrogens (tertiary/aromatic N) is 1. The molecule has 0 spiro atoms. The summed E-state index contributed by atoms with van der Waals surface area (Å²) in [5.74, 6) is 0.896. The van der Waals surface area contributed by atoms with E-state index in [4.69, 9.17) is 0 Å². The summed E-state index contributed by atoms with van der Waals surface area (Å²) in [5, 5.41) is 9.75. The van der Waals surface area contributed by atoms with Crippen LogP contribution < -0.4 is 4.90 Å². The van der Waals surface area contributed by atoms with Gasteiger partial charge in [-0.2, -0.15) is 0 Å². The molecule has 1 saturated heterocycles. The highest BCUT2D eigenvalue weighted by Gasteiger charge is 2.33. The van der Waals surface area contributed by atoms with Gasteiger partial charge in [0.1, 0.15) is 0 Å². The van der Waals surface area contributed by atoms with Crippen LogP contribution in [0.5, 0.6) is 0 Å². The fraction of sp³-hybridized carbons (Fsp3) is 0.647. The molecule has 0 aromatic heterocycles. The highest BCUT2D eigenvalue weighted by Crippen LogP contribution is 2.39. The molecule has 1 N–H and O–H groups in total. The molecular weight excluding hydrogens is 314 g/mol. The first kappa shape index (κ1) is 14.4. The Hall–Kier alpha value is -0.540. The van der Waals surface area contributed by atoms with Crippen LogP contribution in [0.25, 0.3) is 0 Å². The van der Waals surface area contributed by atoms with Gasteiger partial charge in [-0.15, -0.1) is 0 Å². The fourth-order valence-electron chi connectivity index (χ4n) is 3.98. The third kappa shape index (κ3) is 2.75. The summed E-state index contributed by atoms with van der Waals surface area (Å²) < 4.78 is 1.03. The lowest BCUT2D eigenvalue weighted by Crippen LogP contribution is -2.46.